The fourth-order valence-electron chi connectivity index (χ4n) is 2.52. The second-order valence-electron chi connectivity index (χ2n) is 5.58. The summed E-state index contributed by atoms with van der Waals surface area (Å²) >= 11 is 0. The summed E-state index contributed by atoms with van der Waals surface area (Å²) in [6, 6.07) is 6.53. The van der Waals surface area contributed by atoms with Crippen molar-refractivity contribution >= 4 is 11.9 Å². The first-order chi connectivity index (χ1) is 12.2. The predicted molar refractivity (Wildman–Crippen MR) is 90.8 cm³/mol. The van der Waals surface area contributed by atoms with Crippen LogP contribution in [0.5, 0.6) is 5.88 Å². The molecule has 5 nitrogen and oxygen atoms in total. The van der Waals surface area contributed by atoms with E-state index in [4.69, 9.17) is 0 Å². The quantitative estimate of drug-likeness (QED) is 0.837. The highest BCUT2D eigenvalue weighted by Gasteiger charge is 2.33. The van der Waals surface area contributed by atoms with Crippen LogP contribution in [0.3, 0.4) is 0 Å². The van der Waals surface area contributed by atoms with Gasteiger partial charge in [-0.05, 0) is 31.0 Å². The van der Waals surface area contributed by atoms with Crippen LogP contribution in [0.1, 0.15) is 35.6 Å². The zero-order valence-corrected chi connectivity index (χ0v) is 14.1. The van der Waals surface area contributed by atoms with Crippen LogP contribution in [-0.2, 0) is 12.7 Å². The van der Waals surface area contributed by atoms with Gasteiger partial charge in [0.2, 0.25) is 5.88 Å². The maximum atomic E-state index is 13.1. The van der Waals surface area contributed by atoms with E-state index in [0.717, 1.165) is 16.8 Å². The van der Waals surface area contributed by atoms with Crippen LogP contribution in [0.25, 0.3) is 0 Å². The Hall–Kier alpha value is -3.08. The molecule has 1 aromatic carbocycles. The molecule has 1 aromatic heterocycles. The molecule has 0 bridgehead atoms. The normalized spacial score (nSPS) is 11.7. The first-order valence-electron chi connectivity index (χ1n) is 7.79. The summed E-state index contributed by atoms with van der Waals surface area (Å²) in [6.45, 7) is 3.39. The number of halogens is 3. The molecule has 0 saturated carbocycles. The summed E-state index contributed by atoms with van der Waals surface area (Å²) in [5, 5.41) is 19.6. The maximum absolute atomic E-state index is 13.1. The third-order valence-electron chi connectivity index (χ3n) is 3.84. The van der Waals surface area contributed by atoms with Gasteiger partial charge in [-0.3, -0.25) is 14.4 Å². The van der Waals surface area contributed by atoms with Crippen molar-refractivity contribution in [3.8, 4) is 11.9 Å². The van der Waals surface area contributed by atoms with E-state index in [1.165, 1.54) is 25.1 Å². The van der Waals surface area contributed by atoms with Gasteiger partial charge in [0, 0.05) is 12.8 Å². The molecule has 0 unspecified atom stereocenters. The maximum Gasteiger partial charge on any atom is 0.418 e. The average molecular weight is 363 g/mol. The van der Waals surface area contributed by atoms with Crippen LogP contribution in [0.2, 0.25) is 0 Å². The van der Waals surface area contributed by atoms with Gasteiger partial charge in [-0.2, -0.15) is 18.4 Å². The highest BCUT2D eigenvalue weighted by molar-refractivity contribution is 5.87. The zero-order chi connectivity index (χ0) is 19.5. The molecule has 136 valence electrons. The lowest BCUT2D eigenvalue weighted by Crippen LogP contribution is -2.25. The average Bonchev–Trinajstić information content (AvgIpc) is 2.58. The monoisotopic (exact) mass is 363 g/mol. The van der Waals surface area contributed by atoms with Crippen LogP contribution >= 0.6 is 0 Å². The number of pyridine rings is 1. The smallest absolute Gasteiger partial charge is 0.418 e. The number of nitrogens with zero attached hydrogens (tertiary/aromatic N) is 3. The minimum absolute atomic E-state index is 0.0339. The summed E-state index contributed by atoms with van der Waals surface area (Å²) in [4.78, 5) is 16.1. The Kier molecular flexibility index (Phi) is 5.50. The fraction of sp³-hybridized carbons (Fsp3) is 0.278. The molecule has 1 heterocycles. The minimum atomic E-state index is -4.58. The number of hydrogen-bond donors (Lipinski definition) is 1. The van der Waals surface area contributed by atoms with E-state index in [-0.39, 0.29) is 28.9 Å². The van der Waals surface area contributed by atoms with E-state index < -0.39 is 23.2 Å². The molecule has 0 aliphatic carbocycles. The number of aliphatic imine (C=N–C) groups is 1. The molecule has 0 fully saturated rings. The van der Waals surface area contributed by atoms with Gasteiger partial charge in [-0.1, -0.05) is 19.1 Å². The van der Waals surface area contributed by atoms with Crippen LogP contribution in [0, 0.1) is 18.3 Å². The van der Waals surface area contributed by atoms with Crippen molar-refractivity contribution in [3.63, 3.8) is 0 Å². The Morgan fingerprint density at radius 1 is 1.35 bits per heavy atom. The number of rotatable bonds is 4. The van der Waals surface area contributed by atoms with Crippen LogP contribution in [-0.4, -0.2) is 15.9 Å². The molecule has 0 aliphatic rings. The topological polar surface area (TPSA) is 78.4 Å². The highest BCUT2D eigenvalue weighted by Crippen LogP contribution is 2.36. The summed E-state index contributed by atoms with van der Waals surface area (Å²) in [5.74, 6) is -0.429. The Labute approximate surface area is 147 Å². The number of alkyl halides is 3. The lowest BCUT2D eigenvalue weighted by molar-refractivity contribution is -0.137. The minimum Gasteiger partial charge on any atom is -0.494 e. The van der Waals surface area contributed by atoms with Gasteiger partial charge in [0.1, 0.15) is 11.6 Å². The van der Waals surface area contributed by atoms with Crippen molar-refractivity contribution in [3.05, 3.63) is 56.9 Å². The lowest BCUT2D eigenvalue weighted by atomic mass is 10.1. The number of hydrogen-bond acceptors (Lipinski definition) is 4. The van der Waals surface area contributed by atoms with Gasteiger partial charge < -0.3 is 5.11 Å². The second kappa shape index (κ2) is 7.44. The summed E-state index contributed by atoms with van der Waals surface area (Å²) in [5.41, 5.74) is -1.87. The third kappa shape index (κ3) is 3.61. The summed E-state index contributed by atoms with van der Waals surface area (Å²) in [7, 11) is 0. The predicted octanol–water partition coefficient (Wildman–Crippen LogP) is 3.91. The Balaban J connectivity index is 2.65. The zero-order valence-electron chi connectivity index (χ0n) is 14.1. The number of nitriles is 1. The molecule has 2 aromatic rings. The SMILES string of the molecule is CCCn1c(O)c(C=Nc2ccccc2C(F)(F)F)c(C)c(C#N)c1=O. The van der Waals surface area contributed by atoms with Crippen molar-refractivity contribution in [1.82, 2.24) is 4.57 Å². The molecule has 0 saturated heterocycles. The first kappa shape index (κ1) is 19.2. The van der Waals surface area contributed by atoms with E-state index in [9.17, 15) is 28.3 Å². The largest absolute Gasteiger partial charge is 0.494 e. The molecule has 0 atom stereocenters. The molecular weight excluding hydrogens is 347 g/mol. The fourth-order valence-corrected chi connectivity index (χ4v) is 2.52. The third-order valence-corrected chi connectivity index (χ3v) is 3.84. The van der Waals surface area contributed by atoms with Gasteiger partial charge in [0.25, 0.3) is 5.56 Å². The molecular formula is C18H16F3N3O2. The number of aromatic hydroxyl groups is 1. The highest BCUT2D eigenvalue weighted by atomic mass is 19.4. The van der Waals surface area contributed by atoms with E-state index in [1.54, 1.807) is 13.0 Å². The van der Waals surface area contributed by atoms with E-state index >= 15 is 0 Å². The lowest BCUT2D eigenvalue weighted by Gasteiger charge is -2.13. The molecule has 0 aliphatic heterocycles. The van der Waals surface area contributed by atoms with E-state index in [1.807, 2.05) is 0 Å². The first-order valence-corrected chi connectivity index (χ1v) is 7.79. The van der Waals surface area contributed by atoms with E-state index in [0.29, 0.717) is 6.42 Å². The van der Waals surface area contributed by atoms with Gasteiger partial charge in [-0.25, -0.2) is 0 Å². The van der Waals surface area contributed by atoms with Crippen LogP contribution < -0.4 is 5.56 Å². The van der Waals surface area contributed by atoms with Gasteiger partial charge >= 0.3 is 6.18 Å². The second-order valence-corrected chi connectivity index (χ2v) is 5.58. The Morgan fingerprint density at radius 2 is 2.00 bits per heavy atom. The molecule has 2 rings (SSSR count). The number of aromatic nitrogens is 1. The molecule has 0 amide bonds. The van der Waals surface area contributed by atoms with Crippen molar-refractivity contribution in [2.75, 3.05) is 0 Å². The summed E-state index contributed by atoms with van der Waals surface area (Å²) < 4.78 is 40.2. The standard InChI is InChI=1S/C18H16F3N3O2/c1-3-8-24-16(25)12(9-22)11(2)13(17(24)26)10-23-15-7-5-4-6-14(15)18(19,20)21/h4-7,10,26H,3,8H2,1-2H3. The van der Waals surface area contributed by atoms with Crippen LogP contribution in [0.15, 0.2) is 34.1 Å². The van der Waals surface area contributed by atoms with Crippen molar-refractivity contribution < 1.29 is 18.3 Å². The molecule has 0 radical (unpaired) electrons. The van der Waals surface area contributed by atoms with Gasteiger partial charge in [0.15, 0.2) is 0 Å². The van der Waals surface area contributed by atoms with Gasteiger partial charge in [0.05, 0.1) is 16.8 Å². The molecule has 8 heteroatoms. The van der Waals surface area contributed by atoms with Crippen molar-refractivity contribution in [1.29, 1.82) is 5.26 Å². The van der Waals surface area contributed by atoms with Crippen molar-refractivity contribution in [2.45, 2.75) is 33.0 Å². The number of para-hydroxylation sites is 1. The van der Waals surface area contributed by atoms with Gasteiger partial charge in [-0.15, -0.1) is 0 Å². The van der Waals surface area contributed by atoms with Crippen molar-refractivity contribution in [2.24, 2.45) is 4.99 Å². The van der Waals surface area contributed by atoms with E-state index in [2.05, 4.69) is 4.99 Å². The molecule has 0 spiro atoms. The Morgan fingerprint density at radius 3 is 2.58 bits per heavy atom. The summed E-state index contributed by atoms with van der Waals surface area (Å²) in [6.07, 6.45) is -3.01. The van der Waals surface area contributed by atoms with Crippen LogP contribution in [0.4, 0.5) is 18.9 Å². The Bertz CT molecular complexity index is 954. The molecule has 1 N–H and O–H groups in total. The molecule has 26 heavy (non-hydrogen) atoms. The number of benzene rings is 1.